The number of rotatable bonds is 7. The van der Waals surface area contributed by atoms with Crippen molar-refractivity contribution in [3.63, 3.8) is 0 Å². The van der Waals surface area contributed by atoms with Gasteiger partial charge in [-0.25, -0.2) is 0 Å². The molecule has 1 aliphatic rings. The summed E-state index contributed by atoms with van der Waals surface area (Å²) < 4.78 is 11.8. The molecule has 0 radical (unpaired) electrons. The second kappa shape index (κ2) is 8.88. The molecule has 0 saturated carbocycles. The second-order valence-electron chi connectivity index (χ2n) is 5.30. The van der Waals surface area contributed by atoms with Crippen molar-refractivity contribution < 1.29 is 24.2 Å². The Hall–Kier alpha value is -1.60. The van der Waals surface area contributed by atoms with Crippen LogP contribution in [-0.2, 0) is 14.3 Å². The van der Waals surface area contributed by atoms with E-state index in [1.165, 1.54) is 0 Å². The number of nitrogens with zero attached hydrogens (tertiary/aromatic N) is 1. The molecule has 1 atom stereocenters. The van der Waals surface area contributed by atoms with Crippen LogP contribution >= 0.6 is 15.9 Å². The summed E-state index contributed by atoms with van der Waals surface area (Å²) in [6.45, 7) is 1.62. The maximum absolute atomic E-state index is 12.3. The Morgan fingerprint density at radius 3 is 2.91 bits per heavy atom. The van der Waals surface area contributed by atoms with Crippen molar-refractivity contribution in [3.8, 4) is 5.75 Å². The quantitative estimate of drug-likeness (QED) is 0.728. The SMILES string of the molecule is O=C(O)CC1COCCN1C(=O)CCCOc1ccccc1Br. The van der Waals surface area contributed by atoms with Gasteiger partial charge in [-0.05, 0) is 34.5 Å². The van der Waals surface area contributed by atoms with Crippen molar-refractivity contribution in [2.75, 3.05) is 26.4 Å². The lowest BCUT2D eigenvalue weighted by Crippen LogP contribution is -2.49. The molecule has 1 saturated heterocycles. The number of carboxylic acids is 1. The molecule has 2 rings (SSSR count). The fourth-order valence-corrected chi connectivity index (χ4v) is 2.86. The van der Waals surface area contributed by atoms with Gasteiger partial charge in [-0.2, -0.15) is 0 Å². The Morgan fingerprint density at radius 2 is 2.17 bits per heavy atom. The van der Waals surface area contributed by atoms with Crippen molar-refractivity contribution in [1.29, 1.82) is 0 Å². The summed E-state index contributed by atoms with van der Waals surface area (Å²) in [6, 6.07) is 7.16. The monoisotopic (exact) mass is 385 g/mol. The van der Waals surface area contributed by atoms with Crippen LogP contribution < -0.4 is 4.74 Å². The number of carbonyl (C=O) groups excluding carboxylic acids is 1. The first-order valence-corrected chi connectivity index (χ1v) is 8.33. The highest BCUT2D eigenvalue weighted by molar-refractivity contribution is 9.10. The minimum absolute atomic E-state index is 0.0460. The highest BCUT2D eigenvalue weighted by Crippen LogP contribution is 2.24. The molecule has 1 aliphatic heterocycles. The van der Waals surface area contributed by atoms with Crippen molar-refractivity contribution >= 4 is 27.8 Å². The molecule has 1 aromatic carbocycles. The minimum Gasteiger partial charge on any atom is -0.492 e. The van der Waals surface area contributed by atoms with Crippen molar-refractivity contribution in [1.82, 2.24) is 4.90 Å². The molecule has 0 aliphatic carbocycles. The molecule has 1 amide bonds. The Labute approximate surface area is 143 Å². The van der Waals surface area contributed by atoms with E-state index in [-0.39, 0.29) is 25.0 Å². The summed E-state index contributed by atoms with van der Waals surface area (Å²) in [7, 11) is 0. The number of carbonyl (C=O) groups is 2. The van der Waals surface area contributed by atoms with E-state index in [1.54, 1.807) is 4.90 Å². The lowest BCUT2D eigenvalue weighted by molar-refractivity contribution is -0.146. The fraction of sp³-hybridized carbons (Fsp3) is 0.500. The third-order valence-corrected chi connectivity index (χ3v) is 4.24. The number of aliphatic carboxylic acids is 1. The molecule has 1 heterocycles. The topological polar surface area (TPSA) is 76.1 Å². The molecule has 0 bridgehead atoms. The Bertz CT molecular complexity index is 551. The van der Waals surface area contributed by atoms with Crippen molar-refractivity contribution in [3.05, 3.63) is 28.7 Å². The van der Waals surface area contributed by atoms with Crippen LogP contribution in [0.4, 0.5) is 0 Å². The molecule has 0 spiro atoms. The van der Waals surface area contributed by atoms with Gasteiger partial charge in [-0.3, -0.25) is 9.59 Å². The highest BCUT2D eigenvalue weighted by Gasteiger charge is 2.28. The third-order valence-electron chi connectivity index (χ3n) is 3.59. The van der Waals surface area contributed by atoms with Crippen molar-refractivity contribution in [2.24, 2.45) is 0 Å². The van der Waals surface area contributed by atoms with E-state index in [0.717, 1.165) is 10.2 Å². The van der Waals surface area contributed by atoms with E-state index in [1.807, 2.05) is 24.3 Å². The molecule has 1 fully saturated rings. The first-order chi connectivity index (χ1) is 11.1. The van der Waals surface area contributed by atoms with Crippen LogP contribution in [0.1, 0.15) is 19.3 Å². The van der Waals surface area contributed by atoms with Gasteiger partial charge in [0.15, 0.2) is 0 Å². The molecule has 1 aromatic rings. The number of halogens is 1. The van der Waals surface area contributed by atoms with E-state index in [4.69, 9.17) is 14.6 Å². The molecule has 1 unspecified atom stereocenters. The Morgan fingerprint density at radius 1 is 1.39 bits per heavy atom. The predicted molar refractivity (Wildman–Crippen MR) is 87.4 cm³/mol. The second-order valence-corrected chi connectivity index (χ2v) is 6.15. The van der Waals surface area contributed by atoms with Crippen molar-refractivity contribution in [2.45, 2.75) is 25.3 Å². The van der Waals surface area contributed by atoms with Crippen LogP contribution in [0.25, 0.3) is 0 Å². The highest BCUT2D eigenvalue weighted by atomic mass is 79.9. The predicted octanol–water partition coefficient (Wildman–Crippen LogP) is 2.31. The zero-order chi connectivity index (χ0) is 16.7. The number of para-hydroxylation sites is 1. The van der Waals surface area contributed by atoms with Gasteiger partial charge in [0.25, 0.3) is 0 Å². The maximum atomic E-state index is 12.3. The zero-order valence-corrected chi connectivity index (χ0v) is 14.3. The number of morpholine rings is 1. The van der Waals surface area contributed by atoms with E-state index < -0.39 is 5.97 Å². The lowest BCUT2D eigenvalue weighted by atomic mass is 10.1. The molecule has 6 nitrogen and oxygen atoms in total. The average molecular weight is 386 g/mol. The minimum atomic E-state index is -0.921. The van der Waals surface area contributed by atoms with E-state index >= 15 is 0 Å². The van der Waals surface area contributed by atoms with Crippen LogP contribution in [0, 0.1) is 0 Å². The summed E-state index contributed by atoms with van der Waals surface area (Å²) in [6.07, 6.45) is 0.830. The van der Waals surface area contributed by atoms with Crippen LogP contribution in [0.3, 0.4) is 0 Å². The van der Waals surface area contributed by atoms with Crippen LogP contribution in [0.2, 0.25) is 0 Å². The number of hydrogen-bond acceptors (Lipinski definition) is 4. The van der Waals surface area contributed by atoms with Crippen LogP contribution in [0.15, 0.2) is 28.7 Å². The van der Waals surface area contributed by atoms with Gasteiger partial charge in [-0.15, -0.1) is 0 Å². The van der Waals surface area contributed by atoms with Gasteiger partial charge in [0.2, 0.25) is 5.91 Å². The number of carboxylic acid groups (broad SMARTS) is 1. The molecular formula is C16H20BrNO5. The van der Waals surface area contributed by atoms with Crippen LogP contribution in [0.5, 0.6) is 5.75 Å². The van der Waals surface area contributed by atoms with E-state index in [9.17, 15) is 9.59 Å². The summed E-state index contributed by atoms with van der Waals surface area (Å²) in [5, 5.41) is 8.91. The first kappa shape index (κ1) is 17.7. The van der Waals surface area contributed by atoms with Gasteiger partial charge in [0.05, 0.1) is 36.8 Å². The summed E-state index contributed by atoms with van der Waals surface area (Å²) in [5.74, 6) is -0.221. The summed E-state index contributed by atoms with van der Waals surface area (Å²) in [5.41, 5.74) is 0. The number of amides is 1. The van der Waals surface area contributed by atoms with E-state index in [0.29, 0.717) is 32.6 Å². The fourth-order valence-electron chi connectivity index (χ4n) is 2.46. The number of hydrogen-bond donors (Lipinski definition) is 1. The Kier molecular flexibility index (Phi) is 6.85. The molecule has 1 N–H and O–H groups in total. The smallest absolute Gasteiger partial charge is 0.305 e. The van der Waals surface area contributed by atoms with E-state index in [2.05, 4.69) is 15.9 Å². The number of ether oxygens (including phenoxy) is 2. The Balaban J connectivity index is 1.77. The van der Waals surface area contributed by atoms with Gasteiger partial charge >= 0.3 is 5.97 Å². The molecule has 23 heavy (non-hydrogen) atoms. The largest absolute Gasteiger partial charge is 0.492 e. The average Bonchev–Trinajstić information content (AvgIpc) is 2.53. The molecular weight excluding hydrogens is 366 g/mol. The lowest BCUT2D eigenvalue weighted by Gasteiger charge is -2.35. The van der Waals surface area contributed by atoms with Gasteiger partial charge in [0.1, 0.15) is 5.75 Å². The summed E-state index contributed by atoms with van der Waals surface area (Å²) >= 11 is 3.40. The molecule has 126 valence electrons. The van der Waals surface area contributed by atoms with Crippen LogP contribution in [-0.4, -0.2) is 54.3 Å². The van der Waals surface area contributed by atoms with Gasteiger partial charge in [-0.1, -0.05) is 12.1 Å². The standard InChI is InChI=1S/C16H20BrNO5/c17-13-4-1-2-5-14(13)23-8-3-6-15(19)18-7-9-22-11-12(18)10-16(20)21/h1-2,4-5,12H,3,6-11H2,(H,20,21). The third kappa shape index (κ3) is 5.51. The normalized spacial score (nSPS) is 17.8. The molecule has 0 aromatic heterocycles. The first-order valence-electron chi connectivity index (χ1n) is 7.54. The molecule has 7 heteroatoms. The van der Waals surface area contributed by atoms with Gasteiger partial charge in [0, 0.05) is 13.0 Å². The van der Waals surface area contributed by atoms with Gasteiger partial charge < -0.3 is 19.5 Å². The zero-order valence-electron chi connectivity index (χ0n) is 12.7. The number of benzene rings is 1. The summed E-state index contributed by atoms with van der Waals surface area (Å²) in [4.78, 5) is 24.8. The maximum Gasteiger partial charge on any atom is 0.305 e.